The number of imide groups is 1. The Kier molecular flexibility index (Phi) is 10.5. The van der Waals surface area contributed by atoms with Gasteiger partial charge >= 0.3 is 18.2 Å². The number of cyclic esters (lactones) is 1. The topological polar surface area (TPSA) is 114 Å². The lowest BCUT2D eigenvalue weighted by molar-refractivity contribution is -0.146. The number of hydrogen-bond acceptors (Lipinski definition) is 8. The lowest BCUT2D eigenvalue weighted by Crippen LogP contribution is -2.46. The Morgan fingerprint density at radius 1 is 1.13 bits per heavy atom. The quantitative estimate of drug-likeness (QED) is 0.277. The highest BCUT2D eigenvalue weighted by molar-refractivity contribution is 5.96. The molecule has 1 aromatic rings. The van der Waals surface area contributed by atoms with E-state index in [-0.39, 0.29) is 25.2 Å². The first-order valence-corrected chi connectivity index (χ1v) is 13.4. The Bertz CT molecular complexity index is 955. The standard InChI is InChI=1S/C28H41N3O7/c1-28(2,3)38-26(34)30-15-12-22(13-16-30)29-14-8-11-21(18-24(32)36-4)25(33)31-23(19-37-27(31)35)17-20-9-6-5-7-10-20/h5-7,9-10,21-23,29H,8,11-19H2,1-4H3/t21-,23+/m0/s1. The number of likely N-dealkylation sites (tertiary alicyclic amines) is 1. The molecule has 0 saturated carbocycles. The maximum absolute atomic E-state index is 13.5. The van der Waals surface area contributed by atoms with E-state index in [2.05, 4.69) is 5.32 Å². The second-order valence-corrected chi connectivity index (χ2v) is 10.9. The number of ether oxygens (including phenoxy) is 3. The summed E-state index contributed by atoms with van der Waals surface area (Å²) in [6.45, 7) is 7.59. The highest BCUT2D eigenvalue weighted by Gasteiger charge is 2.41. The van der Waals surface area contributed by atoms with Crippen LogP contribution in [0.4, 0.5) is 9.59 Å². The van der Waals surface area contributed by atoms with E-state index in [0.717, 1.165) is 18.4 Å². The Labute approximate surface area is 225 Å². The number of carbonyl (C=O) groups is 4. The summed E-state index contributed by atoms with van der Waals surface area (Å²) in [4.78, 5) is 53.2. The number of hydrogen-bond donors (Lipinski definition) is 1. The molecule has 0 aliphatic carbocycles. The van der Waals surface area contributed by atoms with Crippen LogP contribution in [0.3, 0.4) is 0 Å². The molecule has 0 radical (unpaired) electrons. The molecule has 2 heterocycles. The third-order valence-electron chi connectivity index (χ3n) is 6.81. The van der Waals surface area contributed by atoms with Gasteiger partial charge in [0.15, 0.2) is 0 Å². The molecule has 10 heteroatoms. The van der Waals surface area contributed by atoms with Crippen LogP contribution >= 0.6 is 0 Å². The van der Waals surface area contributed by atoms with Gasteiger partial charge in [-0.2, -0.15) is 0 Å². The molecule has 38 heavy (non-hydrogen) atoms. The van der Waals surface area contributed by atoms with Gasteiger partial charge in [0, 0.05) is 25.0 Å². The van der Waals surface area contributed by atoms with E-state index in [4.69, 9.17) is 14.2 Å². The summed E-state index contributed by atoms with van der Waals surface area (Å²) in [6, 6.07) is 9.47. The zero-order valence-corrected chi connectivity index (χ0v) is 22.9. The summed E-state index contributed by atoms with van der Waals surface area (Å²) in [5.74, 6) is -1.57. The fraction of sp³-hybridized carbons (Fsp3) is 0.643. The van der Waals surface area contributed by atoms with Gasteiger partial charge in [-0.3, -0.25) is 9.59 Å². The van der Waals surface area contributed by atoms with Gasteiger partial charge in [-0.25, -0.2) is 14.5 Å². The SMILES string of the molecule is COC(=O)C[C@H](CCCNC1CCN(C(=O)OC(C)(C)C)CC1)C(=O)N1C(=O)OC[C@H]1Cc1ccccc1. The monoisotopic (exact) mass is 531 g/mol. The number of esters is 1. The van der Waals surface area contributed by atoms with Crippen molar-refractivity contribution < 1.29 is 33.4 Å². The molecule has 1 N–H and O–H groups in total. The Morgan fingerprint density at radius 3 is 2.45 bits per heavy atom. The molecule has 0 unspecified atom stereocenters. The van der Waals surface area contributed by atoms with Crippen LogP contribution in [0.1, 0.15) is 58.4 Å². The summed E-state index contributed by atoms with van der Waals surface area (Å²) in [7, 11) is 1.29. The molecule has 2 aliphatic rings. The fourth-order valence-electron chi connectivity index (χ4n) is 4.81. The van der Waals surface area contributed by atoms with E-state index in [1.807, 2.05) is 51.1 Å². The average Bonchev–Trinajstić information content (AvgIpc) is 3.24. The minimum absolute atomic E-state index is 0.0918. The summed E-state index contributed by atoms with van der Waals surface area (Å²) in [6.07, 6.45) is 2.14. The van der Waals surface area contributed by atoms with E-state index in [1.165, 1.54) is 12.0 Å². The number of piperidine rings is 1. The number of methoxy groups -OCH3 is 1. The van der Waals surface area contributed by atoms with Crippen molar-refractivity contribution in [3.63, 3.8) is 0 Å². The van der Waals surface area contributed by atoms with Crippen molar-refractivity contribution in [2.45, 2.75) is 77.0 Å². The van der Waals surface area contributed by atoms with Crippen LogP contribution in [0.5, 0.6) is 0 Å². The molecule has 3 rings (SSSR count). The van der Waals surface area contributed by atoms with Crippen molar-refractivity contribution in [2.24, 2.45) is 5.92 Å². The second kappa shape index (κ2) is 13.6. The molecule has 0 aromatic heterocycles. The van der Waals surface area contributed by atoms with E-state index < -0.39 is 35.5 Å². The van der Waals surface area contributed by atoms with Gasteiger partial charge in [-0.15, -0.1) is 0 Å². The van der Waals surface area contributed by atoms with Crippen LogP contribution in [-0.2, 0) is 30.2 Å². The molecule has 1 aromatic carbocycles. The van der Waals surface area contributed by atoms with Gasteiger partial charge in [0.25, 0.3) is 0 Å². The van der Waals surface area contributed by atoms with Gasteiger partial charge in [0.2, 0.25) is 5.91 Å². The molecule has 2 aliphatic heterocycles. The van der Waals surface area contributed by atoms with Crippen LogP contribution in [0.25, 0.3) is 0 Å². The number of amides is 3. The number of nitrogens with zero attached hydrogens (tertiary/aromatic N) is 2. The molecule has 2 atom stereocenters. The molecule has 2 fully saturated rings. The lowest BCUT2D eigenvalue weighted by Gasteiger charge is -2.34. The predicted molar refractivity (Wildman–Crippen MR) is 140 cm³/mol. The van der Waals surface area contributed by atoms with Crippen molar-refractivity contribution >= 4 is 24.1 Å². The van der Waals surface area contributed by atoms with E-state index in [0.29, 0.717) is 38.9 Å². The zero-order valence-electron chi connectivity index (χ0n) is 22.9. The van der Waals surface area contributed by atoms with E-state index in [9.17, 15) is 19.2 Å². The zero-order chi connectivity index (χ0) is 27.7. The number of nitrogens with one attached hydrogen (secondary N) is 1. The molecule has 0 spiro atoms. The maximum atomic E-state index is 13.5. The first kappa shape index (κ1) is 29.4. The highest BCUT2D eigenvalue weighted by atomic mass is 16.6. The normalized spacial score (nSPS) is 19.2. The minimum Gasteiger partial charge on any atom is -0.469 e. The van der Waals surface area contributed by atoms with Crippen LogP contribution in [0.2, 0.25) is 0 Å². The van der Waals surface area contributed by atoms with E-state index in [1.54, 1.807) is 4.90 Å². The summed E-state index contributed by atoms with van der Waals surface area (Å²) < 4.78 is 15.5. The van der Waals surface area contributed by atoms with Crippen LogP contribution in [0.15, 0.2) is 30.3 Å². The van der Waals surface area contributed by atoms with Crippen molar-refractivity contribution in [2.75, 3.05) is 33.4 Å². The Morgan fingerprint density at radius 2 is 1.82 bits per heavy atom. The lowest BCUT2D eigenvalue weighted by atomic mass is 9.96. The fourth-order valence-corrected chi connectivity index (χ4v) is 4.81. The molecule has 10 nitrogen and oxygen atoms in total. The van der Waals surface area contributed by atoms with Gasteiger partial charge in [-0.1, -0.05) is 30.3 Å². The predicted octanol–water partition coefficient (Wildman–Crippen LogP) is 3.53. The molecule has 3 amide bonds. The first-order valence-electron chi connectivity index (χ1n) is 13.4. The maximum Gasteiger partial charge on any atom is 0.416 e. The average molecular weight is 532 g/mol. The van der Waals surface area contributed by atoms with Crippen LogP contribution in [0, 0.1) is 5.92 Å². The van der Waals surface area contributed by atoms with Gasteiger partial charge in [0.1, 0.15) is 12.2 Å². The van der Waals surface area contributed by atoms with Gasteiger partial charge in [0.05, 0.1) is 19.6 Å². The van der Waals surface area contributed by atoms with Crippen molar-refractivity contribution in [1.82, 2.24) is 15.1 Å². The molecule has 210 valence electrons. The van der Waals surface area contributed by atoms with E-state index >= 15 is 0 Å². The minimum atomic E-state index is -0.679. The summed E-state index contributed by atoms with van der Waals surface area (Å²) >= 11 is 0. The second-order valence-electron chi connectivity index (χ2n) is 10.9. The van der Waals surface area contributed by atoms with Crippen molar-refractivity contribution in [3.05, 3.63) is 35.9 Å². The van der Waals surface area contributed by atoms with Gasteiger partial charge < -0.3 is 24.4 Å². The van der Waals surface area contributed by atoms with Crippen LogP contribution in [-0.4, -0.2) is 84.9 Å². The summed E-state index contributed by atoms with van der Waals surface area (Å²) in [5, 5.41) is 3.50. The molecular formula is C28H41N3O7. The Balaban J connectivity index is 1.50. The number of rotatable bonds is 10. The molecule has 2 saturated heterocycles. The van der Waals surface area contributed by atoms with Gasteiger partial charge in [-0.05, 0) is 65.0 Å². The van der Waals surface area contributed by atoms with Crippen molar-refractivity contribution in [1.29, 1.82) is 0 Å². The highest BCUT2D eigenvalue weighted by Crippen LogP contribution is 2.24. The smallest absolute Gasteiger partial charge is 0.416 e. The first-order chi connectivity index (χ1) is 18.1. The van der Waals surface area contributed by atoms with Crippen LogP contribution < -0.4 is 5.32 Å². The molecule has 0 bridgehead atoms. The number of benzene rings is 1. The largest absolute Gasteiger partial charge is 0.469 e. The third kappa shape index (κ3) is 8.72. The van der Waals surface area contributed by atoms with Crippen molar-refractivity contribution in [3.8, 4) is 0 Å². The molecular weight excluding hydrogens is 490 g/mol. The Hall–Kier alpha value is -3.14. The number of carbonyl (C=O) groups excluding carboxylic acids is 4. The summed E-state index contributed by atoms with van der Waals surface area (Å²) in [5.41, 5.74) is 0.484. The third-order valence-corrected chi connectivity index (χ3v) is 6.81.